The van der Waals surface area contributed by atoms with Crippen LogP contribution < -0.4 is 10.1 Å². The summed E-state index contributed by atoms with van der Waals surface area (Å²) in [7, 11) is 1.61. The first-order chi connectivity index (χ1) is 16.5. The van der Waals surface area contributed by atoms with Crippen molar-refractivity contribution in [1.82, 2.24) is 19.7 Å². The SMILES string of the molecule is COc1ccc(-n2c(SC(C)C(=O)Nc3ccc(C#N)c(Cl)c3)nnc2-c2ccncc2)cc1. The van der Waals surface area contributed by atoms with E-state index in [1.54, 1.807) is 44.6 Å². The van der Waals surface area contributed by atoms with E-state index >= 15 is 0 Å². The molecule has 1 unspecified atom stereocenters. The Kier molecular flexibility index (Phi) is 7.11. The van der Waals surface area contributed by atoms with Crippen LogP contribution in [0.2, 0.25) is 5.02 Å². The molecule has 0 aliphatic carbocycles. The zero-order chi connectivity index (χ0) is 24.1. The van der Waals surface area contributed by atoms with Crippen molar-refractivity contribution in [2.24, 2.45) is 0 Å². The van der Waals surface area contributed by atoms with Gasteiger partial charge in [-0.05, 0) is 61.5 Å². The van der Waals surface area contributed by atoms with Crippen molar-refractivity contribution in [2.45, 2.75) is 17.3 Å². The second-order valence-corrected chi connectivity index (χ2v) is 8.85. The largest absolute Gasteiger partial charge is 0.497 e. The average Bonchev–Trinajstić information content (AvgIpc) is 3.28. The lowest BCUT2D eigenvalue weighted by Crippen LogP contribution is -2.23. The fraction of sp³-hybridized carbons (Fsp3) is 0.125. The average molecular weight is 491 g/mol. The first kappa shape index (κ1) is 23.3. The number of benzene rings is 2. The summed E-state index contributed by atoms with van der Waals surface area (Å²) >= 11 is 7.35. The number of thioether (sulfide) groups is 1. The van der Waals surface area contributed by atoms with Gasteiger partial charge in [0.1, 0.15) is 11.8 Å². The maximum Gasteiger partial charge on any atom is 0.237 e. The van der Waals surface area contributed by atoms with Crippen LogP contribution in [0.4, 0.5) is 5.69 Å². The van der Waals surface area contributed by atoms with Crippen LogP contribution in [-0.4, -0.2) is 38.0 Å². The number of aromatic nitrogens is 4. The highest BCUT2D eigenvalue weighted by atomic mass is 35.5. The molecule has 0 saturated heterocycles. The van der Waals surface area contributed by atoms with E-state index in [2.05, 4.69) is 20.5 Å². The van der Waals surface area contributed by atoms with E-state index in [-0.39, 0.29) is 10.9 Å². The first-order valence-electron chi connectivity index (χ1n) is 10.2. The summed E-state index contributed by atoms with van der Waals surface area (Å²) in [6.45, 7) is 1.78. The van der Waals surface area contributed by atoms with E-state index in [1.807, 2.05) is 47.0 Å². The molecule has 1 atom stereocenters. The quantitative estimate of drug-likeness (QED) is 0.364. The minimum Gasteiger partial charge on any atom is -0.497 e. The molecule has 2 aromatic heterocycles. The van der Waals surface area contributed by atoms with Gasteiger partial charge in [0.25, 0.3) is 0 Å². The molecule has 0 aliphatic rings. The van der Waals surface area contributed by atoms with Gasteiger partial charge >= 0.3 is 0 Å². The summed E-state index contributed by atoms with van der Waals surface area (Å²) in [5, 5.41) is 20.9. The number of carbonyl (C=O) groups is 1. The van der Waals surface area contributed by atoms with Crippen molar-refractivity contribution in [2.75, 3.05) is 12.4 Å². The summed E-state index contributed by atoms with van der Waals surface area (Å²) in [5.74, 6) is 1.12. The number of rotatable bonds is 7. The zero-order valence-corrected chi connectivity index (χ0v) is 19.8. The molecule has 4 aromatic rings. The number of nitrogens with one attached hydrogen (secondary N) is 1. The minimum absolute atomic E-state index is 0.236. The van der Waals surface area contributed by atoms with Crippen molar-refractivity contribution < 1.29 is 9.53 Å². The lowest BCUT2D eigenvalue weighted by molar-refractivity contribution is -0.115. The molecule has 10 heteroatoms. The Labute approximate surface area is 205 Å². The zero-order valence-electron chi connectivity index (χ0n) is 18.3. The number of nitrogens with zero attached hydrogens (tertiary/aromatic N) is 5. The monoisotopic (exact) mass is 490 g/mol. The first-order valence-corrected chi connectivity index (χ1v) is 11.4. The van der Waals surface area contributed by atoms with Crippen molar-refractivity contribution in [3.05, 3.63) is 77.6 Å². The summed E-state index contributed by atoms with van der Waals surface area (Å²) in [5.41, 5.74) is 2.52. The fourth-order valence-corrected chi connectivity index (χ4v) is 4.23. The van der Waals surface area contributed by atoms with Gasteiger partial charge in [-0.3, -0.25) is 14.3 Å². The number of hydrogen-bond acceptors (Lipinski definition) is 7. The maximum atomic E-state index is 12.9. The predicted octanol–water partition coefficient (Wildman–Crippen LogP) is 4.98. The molecule has 1 amide bonds. The van der Waals surface area contributed by atoms with Crippen molar-refractivity contribution in [1.29, 1.82) is 5.26 Å². The van der Waals surface area contributed by atoms with E-state index in [1.165, 1.54) is 11.8 Å². The highest BCUT2D eigenvalue weighted by Crippen LogP contribution is 2.31. The fourth-order valence-electron chi connectivity index (χ4n) is 3.14. The second kappa shape index (κ2) is 10.4. The molecule has 170 valence electrons. The van der Waals surface area contributed by atoms with Crippen LogP contribution in [0.25, 0.3) is 17.1 Å². The molecule has 0 fully saturated rings. The van der Waals surface area contributed by atoms with Crippen molar-refractivity contribution in [3.8, 4) is 28.9 Å². The van der Waals surface area contributed by atoms with Gasteiger partial charge < -0.3 is 10.1 Å². The smallest absolute Gasteiger partial charge is 0.237 e. The Morgan fingerprint density at radius 3 is 2.53 bits per heavy atom. The van der Waals surface area contributed by atoms with Crippen LogP contribution in [0.15, 0.2) is 72.1 Å². The molecular weight excluding hydrogens is 472 g/mol. The van der Waals surface area contributed by atoms with Gasteiger partial charge in [-0.2, -0.15) is 5.26 Å². The summed E-state index contributed by atoms with van der Waals surface area (Å²) in [6, 6.07) is 18.0. The van der Waals surface area contributed by atoms with Gasteiger partial charge in [0, 0.05) is 29.3 Å². The van der Waals surface area contributed by atoms with Crippen molar-refractivity contribution >= 4 is 35.0 Å². The lowest BCUT2D eigenvalue weighted by atomic mass is 10.2. The number of hydrogen-bond donors (Lipinski definition) is 1. The topological polar surface area (TPSA) is 106 Å². The maximum absolute atomic E-state index is 12.9. The van der Waals surface area contributed by atoms with Gasteiger partial charge in [-0.25, -0.2) is 0 Å². The normalized spacial score (nSPS) is 11.5. The van der Waals surface area contributed by atoms with Gasteiger partial charge in [0.2, 0.25) is 5.91 Å². The number of carbonyl (C=O) groups excluding carboxylic acids is 1. The molecule has 4 rings (SSSR count). The highest BCUT2D eigenvalue weighted by Gasteiger charge is 2.22. The standard InChI is InChI=1S/C24H19ClN6O2S/c1-15(23(32)28-18-4-3-17(14-26)21(25)13-18)34-24-30-29-22(16-9-11-27-12-10-16)31(24)19-5-7-20(33-2)8-6-19/h3-13,15H,1-2H3,(H,28,32). The predicted molar refractivity (Wildman–Crippen MR) is 131 cm³/mol. The van der Waals surface area contributed by atoms with Crippen molar-refractivity contribution in [3.63, 3.8) is 0 Å². The second-order valence-electron chi connectivity index (χ2n) is 7.13. The summed E-state index contributed by atoms with van der Waals surface area (Å²) in [4.78, 5) is 16.9. The molecular formula is C24H19ClN6O2S. The van der Waals surface area contributed by atoms with Crippen LogP contribution in [0, 0.1) is 11.3 Å². The minimum atomic E-state index is -0.499. The number of amides is 1. The Morgan fingerprint density at radius 2 is 1.88 bits per heavy atom. The van der Waals surface area contributed by atoms with E-state index in [9.17, 15) is 4.79 Å². The van der Waals surface area contributed by atoms with E-state index in [4.69, 9.17) is 21.6 Å². The Bertz CT molecular complexity index is 1350. The number of ether oxygens (including phenoxy) is 1. The molecule has 2 aromatic carbocycles. The Balaban J connectivity index is 1.62. The van der Waals surface area contributed by atoms with Crippen LogP contribution in [0.1, 0.15) is 12.5 Å². The van der Waals surface area contributed by atoms with Gasteiger partial charge in [-0.1, -0.05) is 23.4 Å². The highest BCUT2D eigenvalue weighted by molar-refractivity contribution is 8.00. The lowest BCUT2D eigenvalue weighted by Gasteiger charge is -2.14. The molecule has 0 radical (unpaired) electrons. The molecule has 0 aliphatic heterocycles. The number of nitriles is 1. The van der Waals surface area contributed by atoms with Gasteiger partial charge in [0.05, 0.1) is 22.9 Å². The molecule has 0 saturated carbocycles. The molecule has 1 N–H and O–H groups in total. The van der Waals surface area contributed by atoms with Gasteiger partial charge in [-0.15, -0.1) is 10.2 Å². The van der Waals surface area contributed by atoms with Crippen LogP contribution >= 0.6 is 23.4 Å². The van der Waals surface area contributed by atoms with E-state index in [0.717, 1.165) is 17.0 Å². The molecule has 8 nitrogen and oxygen atoms in total. The van der Waals surface area contributed by atoms with Crippen LogP contribution in [0.5, 0.6) is 5.75 Å². The molecule has 34 heavy (non-hydrogen) atoms. The van der Waals surface area contributed by atoms with Crippen LogP contribution in [-0.2, 0) is 4.79 Å². The Morgan fingerprint density at radius 1 is 1.15 bits per heavy atom. The number of anilines is 1. The molecule has 2 heterocycles. The Hall–Kier alpha value is -3.87. The number of methoxy groups -OCH3 is 1. The third kappa shape index (κ3) is 5.03. The molecule has 0 bridgehead atoms. The van der Waals surface area contributed by atoms with Crippen LogP contribution in [0.3, 0.4) is 0 Å². The van der Waals surface area contributed by atoms with Gasteiger partial charge in [0.15, 0.2) is 11.0 Å². The third-order valence-electron chi connectivity index (χ3n) is 4.91. The summed E-state index contributed by atoms with van der Waals surface area (Å²) in [6.07, 6.45) is 3.38. The number of halogens is 1. The molecule has 0 spiro atoms. The third-order valence-corrected chi connectivity index (χ3v) is 6.27. The number of pyridine rings is 1. The van der Waals surface area contributed by atoms with E-state index in [0.29, 0.717) is 22.2 Å². The summed E-state index contributed by atoms with van der Waals surface area (Å²) < 4.78 is 7.16. The van der Waals surface area contributed by atoms with E-state index < -0.39 is 5.25 Å².